The van der Waals surface area contributed by atoms with Gasteiger partial charge in [0.15, 0.2) is 0 Å². The van der Waals surface area contributed by atoms with Crippen LogP contribution in [0.2, 0.25) is 0 Å². The molecule has 0 amide bonds. The third-order valence-corrected chi connectivity index (χ3v) is 10.1. The number of ether oxygens (including phenoxy) is 3. The maximum Gasteiger partial charge on any atom is 0.334 e. The first-order valence-electron chi connectivity index (χ1n) is 18.6. The molecule has 0 aromatic heterocycles. The zero-order valence-corrected chi connectivity index (χ0v) is 28.1. The van der Waals surface area contributed by atoms with Crippen LogP contribution in [0.15, 0.2) is 11.6 Å². The number of carbonyl (C=O) groups is 1. The quantitative estimate of drug-likeness (QED) is 0.0703. The molecule has 256 valence electrons. The van der Waals surface area contributed by atoms with Crippen molar-refractivity contribution in [1.29, 1.82) is 0 Å². The smallest absolute Gasteiger partial charge is 0.334 e. The van der Waals surface area contributed by atoms with E-state index >= 15 is 0 Å². The van der Waals surface area contributed by atoms with Crippen LogP contribution in [0.1, 0.15) is 168 Å². The average molecular weight is 623 g/mol. The topological polar surface area (TPSA) is 105 Å². The zero-order chi connectivity index (χ0) is 31.6. The van der Waals surface area contributed by atoms with Crippen LogP contribution in [-0.4, -0.2) is 70.1 Å². The molecule has 0 spiro atoms. The third kappa shape index (κ3) is 14.2. The molecule has 44 heavy (non-hydrogen) atoms. The lowest BCUT2D eigenvalue weighted by atomic mass is 10.00. The number of carbonyl (C=O) groups excluding carboxylic acids is 1. The first kappa shape index (κ1) is 37.5. The lowest BCUT2D eigenvalue weighted by molar-refractivity contribution is -0.139. The van der Waals surface area contributed by atoms with Crippen LogP contribution in [0.5, 0.6) is 0 Å². The molecule has 0 unspecified atom stereocenters. The molecule has 2 fully saturated rings. The summed E-state index contributed by atoms with van der Waals surface area (Å²) in [4.78, 5) is 11.6. The van der Waals surface area contributed by atoms with Crippen molar-refractivity contribution in [3.05, 3.63) is 11.6 Å². The van der Waals surface area contributed by atoms with Crippen molar-refractivity contribution in [2.24, 2.45) is 0 Å². The largest absolute Gasteiger partial charge is 0.455 e. The van der Waals surface area contributed by atoms with Crippen LogP contribution in [0.3, 0.4) is 0 Å². The third-order valence-electron chi connectivity index (χ3n) is 10.1. The minimum absolute atomic E-state index is 0.0558. The number of cyclic esters (lactones) is 1. The second-order valence-electron chi connectivity index (χ2n) is 14.0. The highest BCUT2D eigenvalue weighted by molar-refractivity contribution is 5.90. The van der Waals surface area contributed by atoms with Gasteiger partial charge in [0.05, 0.1) is 42.7 Å². The van der Waals surface area contributed by atoms with E-state index < -0.39 is 6.10 Å². The highest BCUT2D eigenvalue weighted by atomic mass is 16.6. The molecule has 0 aliphatic carbocycles. The fourth-order valence-corrected chi connectivity index (χ4v) is 7.25. The Morgan fingerprint density at radius 1 is 0.659 bits per heavy atom. The molecule has 0 radical (unpaired) electrons. The number of unbranched alkanes of at least 4 members (excludes halogenated alkanes) is 13. The van der Waals surface area contributed by atoms with E-state index in [1.807, 2.05) is 13.0 Å². The maximum atomic E-state index is 11.6. The second-order valence-corrected chi connectivity index (χ2v) is 14.0. The Bertz CT molecular complexity index is 801. The van der Waals surface area contributed by atoms with Crippen LogP contribution < -0.4 is 0 Å². The van der Waals surface area contributed by atoms with Gasteiger partial charge >= 0.3 is 5.97 Å². The van der Waals surface area contributed by atoms with Gasteiger partial charge in [0.2, 0.25) is 0 Å². The van der Waals surface area contributed by atoms with E-state index in [4.69, 9.17) is 14.2 Å². The number of rotatable bonds is 25. The molecule has 8 atom stereocenters. The van der Waals surface area contributed by atoms with Gasteiger partial charge < -0.3 is 29.5 Å². The zero-order valence-electron chi connectivity index (χ0n) is 28.1. The van der Waals surface area contributed by atoms with Gasteiger partial charge in [-0.3, -0.25) is 0 Å². The van der Waals surface area contributed by atoms with E-state index in [0.29, 0.717) is 18.4 Å². The number of aliphatic hydroxyl groups is 3. The van der Waals surface area contributed by atoms with Crippen molar-refractivity contribution in [3.8, 4) is 0 Å². The molecule has 3 aliphatic rings. The summed E-state index contributed by atoms with van der Waals surface area (Å²) in [6.07, 6.45) is 26.0. The van der Waals surface area contributed by atoms with Gasteiger partial charge in [0.1, 0.15) is 6.10 Å². The Balaban J connectivity index is 1.11. The monoisotopic (exact) mass is 622 g/mol. The molecule has 0 aromatic carbocycles. The van der Waals surface area contributed by atoms with E-state index in [1.165, 1.54) is 64.2 Å². The van der Waals surface area contributed by atoms with E-state index in [0.717, 1.165) is 77.0 Å². The van der Waals surface area contributed by atoms with Crippen molar-refractivity contribution in [3.63, 3.8) is 0 Å². The predicted octanol–water partition coefficient (Wildman–Crippen LogP) is 7.86. The van der Waals surface area contributed by atoms with Crippen molar-refractivity contribution in [1.82, 2.24) is 0 Å². The van der Waals surface area contributed by atoms with Crippen LogP contribution in [0.25, 0.3) is 0 Å². The molecule has 0 bridgehead atoms. The molecule has 3 rings (SSSR count). The summed E-state index contributed by atoms with van der Waals surface area (Å²) < 4.78 is 17.6. The Kier molecular flexibility index (Phi) is 18.5. The summed E-state index contributed by atoms with van der Waals surface area (Å²) in [6.45, 7) is 4.10. The average Bonchev–Trinajstić information content (AvgIpc) is 3.76. The Hall–Kier alpha value is -0.990. The molecule has 3 N–H and O–H groups in total. The minimum Gasteiger partial charge on any atom is -0.455 e. The molecule has 7 heteroatoms. The summed E-state index contributed by atoms with van der Waals surface area (Å²) in [6, 6.07) is 0. The molecular formula is C37H66O7. The van der Waals surface area contributed by atoms with Gasteiger partial charge in [0, 0.05) is 5.57 Å². The fourth-order valence-electron chi connectivity index (χ4n) is 7.25. The highest BCUT2D eigenvalue weighted by Crippen LogP contribution is 2.34. The van der Waals surface area contributed by atoms with Gasteiger partial charge in [-0.2, -0.15) is 0 Å². The lowest BCUT2D eigenvalue weighted by Gasteiger charge is -2.24. The van der Waals surface area contributed by atoms with E-state index in [9.17, 15) is 20.1 Å². The van der Waals surface area contributed by atoms with Crippen molar-refractivity contribution >= 4 is 5.97 Å². The molecule has 3 aliphatic heterocycles. The Labute approximate surface area is 268 Å². The van der Waals surface area contributed by atoms with Gasteiger partial charge in [-0.25, -0.2) is 4.79 Å². The number of aliphatic hydroxyl groups excluding tert-OH is 3. The number of esters is 1. The Morgan fingerprint density at radius 3 is 1.57 bits per heavy atom. The molecule has 7 nitrogen and oxygen atoms in total. The maximum absolute atomic E-state index is 11.6. The predicted molar refractivity (Wildman–Crippen MR) is 175 cm³/mol. The molecule has 0 saturated carbocycles. The van der Waals surface area contributed by atoms with Crippen LogP contribution in [0, 0.1) is 0 Å². The van der Waals surface area contributed by atoms with Crippen molar-refractivity contribution in [2.75, 3.05) is 0 Å². The standard InChI is InChI=1S/C37H66O7/c1-3-4-5-6-13-16-19-31(39)33-23-25-35(43-33)36-26-24-34(44-36)32(40)20-17-14-11-9-7-8-10-12-15-18-30(38)22-21-29-27-28(2)42-37(29)41/h27-28,30-36,38-40H,3-26H2,1-2H3/t28-,30-,31-,32+,33+,34+,35+,36+/m0/s1. The summed E-state index contributed by atoms with van der Waals surface area (Å²) in [5, 5.41) is 31.6. The van der Waals surface area contributed by atoms with Crippen LogP contribution >= 0.6 is 0 Å². The molecular weight excluding hydrogens is 556 g/mol. The van der Waals surface area contributed by atoms with E-state index in [1.54, 1.807) is 0 Å². The van der Waals surface area contributed by atoms with Crippen molar-refractivity contribution < 1.29 is 34.3 Å². The summed E-state index contributed by atoms with van der Waals surface area (Å²) >= 11 is 0. The van der Waals surface area contributed by atoms with Crippen LogP contribution in [-0.2, 0) is 19.0 Å². The fraction of sp³-hybridized carbons (Fsp3) is 0.919. The molecule has 2 saturated heterocycles. The van der Waals surface area contributed by atoms with Crippen molar-refractivity contribution in [2.45, 2.75) is 217 Å². The summed E-state index contributed by atoms with van der Waals surface area (Å²) in [5.41, 5.74) is 0.713. The SMILES string of the molecule is CCCCCCCC[C@H](O)[C@H]1CC[C@H]([C@H]2CC[C@H]([C@H](O)CCCCCCCCCCC[C@H](O)CCC3=C[C@H](C)OC3=O)O2)O1. The van der Waals surface area contributed by atoms with Gasteiger partial charge in [-0.1, -0.05) is 103 Å². The molecule has 3 heterocycles. The van der Waals surface area contributed by atoms with Gasteiger partial charge in [0.25, 0.3) is 0 Å². The van der Waals surface area contributed by atoms with Gasteiger partial charge in [-0.05, 0) is 70.8 Å². The molecule has 0 aromatic rings. The first-order valence-corrected chi connectivity index (χ1v) is 18.6. The van der Waals surface area contributed by atoms with Crippen LogP contribution in [0.4, 0.5) is 0 Å². The summed E-state index contributed by atoms with van der Waals surface area (Å²) in [7, 11) is 0. The first-order chi connectivity index (χ1) is 21.4. The van der Waals surface area contributed by atoms with Gasteiger partial charge in [-0.15, -0.1) is 0 Å². The number of hydrogen-bond donors (Lipinski definition) is 3. The summed E-state index contributed by atoms with van der Waals surface area (Å²) in [5.74, 6) is -0.225. The number of hydrogen-bond acceptors (Lipinski definition) is 7. The normalized spacial score (nSPS) is 27.4. The van der Waals surface area contributed by atoms with E-state index in [2.05, 4.69) is 6.92 Å². The highest BCUT2D eigenvalue weighted by Gasteiger charge is 2.40. The second kappa shape index (κ2) is 21.7. The lowest BCUT2D eigenvalue weighted by Crippen LogP contribution is -2.33. The van der Waals surface area contributed by atoms with E-state index in [-0.39, 0.29) is 48.7 Å². The minimum atomic E-state index is -0.391. The Morgan fingerprint density at radius 2 is 1.11 bits per heavy atom.